The van der Waals surface area contributed by atoms with Crippen LogP contribution in [0.1, 0.15) is 17.3 Å². The Morgan fingerprint density at radius 2 is 2.19 bits per heavy atom. The Kier molecular flexibility index (Phi) is 3.19. The highest BCUT2D eigenvalue weighted by Crippen LogP contribution is 2.23. The fourth-order valence-corrected chi connectivity index (χ4v) is 1.03. The summed E-state index contributed by atoms with van der Waals surface area (Å²) < 4.78 is 0. The van der Waals surface area contributed by atoms with Gasteiger partial charge in [0.15, 0.2) is 0 Å². The molecule has 0 fully saturated rings. The monoisotopic (exact) mass is 223 g/mol. The largest absolute Gasteiger partial charge is 0.507 e. The van der Waals surface area contributed by atoms with Crippen LogP contribution >= 0.6 is 0 Å². The van der Waals surface area contributed by atoms with E-state index in [0.29, 0.717) is 0 Å². The Balaban J connectivity index is 3.22. The molecule has 0 bridgehead atoms. The number of nitro benzene ring substituents is 1. The molecular weight excluding hydrogens is 214 g/mol. The summed E-state index contributed by atoms with van der Waals surface area (Å²) in [5.41, 5.74) is 4.64. The average molecular weight is 223 g/mol. The van der Waals surface area contributed by atoms with Crippen molar-refractivity contribution in [2.45, 2.75) is 6.92 Å². The second-order valence-corrected chi connectivity index (χ2v) is 3.02. The Morgan fingerprint density at radius 1 is 1.56 bits per heavy atom. The molecule has 7 nitrogen and oxygen atoms in total. The molecule has 0 spiro atoms. The molecule has 3 N–H and O–H groups in total. The number of amides is 1. The fourth-order valence-electron chi connectivity index (χ4n) is 1.03. The predicted octanol–water partition coefficient (Wildman–Crippen LogP) is 0.818. The van der Waals surface area contributed by atoms with Gasteiger partial charge in [-0.1, -0.05) is 0 Å². The molecule has 16 heavy (non-hydrogen) atoms. The van der Waals surface area contributed by atoms with Crippen LogP contribution in [0.15, 0.2) is 23.2 Å². The molecule has 1 aromatic rings. The highest BCUT2D eigenvalue weighted by atomic mass is 16.6. The SMILES string of the molecule is CC(N)=NC(=O)c1cc([N+](=O)[O-])ccc1O. The third-order valence-electron chi connectivity index (χ3n) is 1.70. The van der Waals surface area contributed by atoms with Crippen LogP contribution in [0.3, 0.4) is 0 Å². The van der Waals surface area contributed by atoms with Crippen LogP contribution in [-0.2, 0) is 0 Å². The van der Waals surface area contributed by atoms with Gasteiger partial charge in [0.1, 0.15) is 11.6 Å². The molecule has 1 amide bonds. The van der Waals surface area contributed by atoms with Crippen molar-refractivity contribution in [1.82, 2.24) is 0 Å². The highest BCUT2D eigenvalue weighted by molar-refractivity contribution is 6.04. The first-order valence-corrected chi connectivity index (χ1v) is 4.24. The van der Waals surface area contributed by atoms with Crippen molar-refractivity contribution in [3.8, 4) is 5.75 Å². The third kappa shape index (κ3) is 2.53. The molecule has 0 aliphatic rings. The summed E-state index contributed by atoms with van der Waals surface area (Å²) in [6.07, 6.45) is 0. The van der Waals surface area contributed by atoms with Crippen LogP contribution in [0.4, 0.5) is 5.69 Å². The van der Waals surface area contributed by atoms with Crippen LogP contribution in [0, 0.1) is 10.1 Å². The lowest BCUT2D eigenvalue weighted by Gasteiger charge is -2.00. The lowest BCUT2D eigenvalue weighted by Crippen LogP contribution is -2.09. The molecular formula is C9H9N3O4. The number of nitro groups is 1. The number of amidine groups is 1. The Labute approximate surface area is 90.4 Å². The van der Waals surface area contributed by atoms with Crippen LogP contribution in [-0.4, -0.2) is 21.8 Å². The number of benzene rings is 1. The van der Waals surface area contributed by atoms with E-state index in [1.807, 2.05) is 0 Å². The predicted molar refractivity (Wildman–Crippen MR) is 56.4 cm³/mol. The quantitative estimate of drug-likeness (QED) is 0.333. The molecule has 0 saturated heterocycles. The minimum Gasteiger partial charge on any atom is -0.507 e. The molecule has 0 radical (unpaired) electrons. The molecule has 0 aliphatic heterocycles. The van der Waals surface area contributed by atoms with E-state index in [1.165, 1.54) is 6.92 Å². The summed E-state index contributed by atoms with van der Waals surface area (Å²) in [5, 5.41) is 19.8. The summed E-state index contributed by atoms with van der Waals surface area (Å²) in [5.74, 6) is -1.18. The number of phenolic OH excluding ortho intramolecular Hbond substituents is 1. The number of phenols is 1. The summed E-state index contributed by atoms with van der Waals surface area (Å²) in [6.45, 7) is 1.40. The van der Waals surface area contributed by atoms with Gasteiger partial charge in [0, 0.05) is 12.1 Å². The minimum atomic E-state index is -0.818. The maximum absolute atomic E-state index is 11.4. The molecule has 7 heteroatoms. The molecule has 84 valence electrons. The zero-order valence-corrected chi connectivity index (χ0v) is 8.38. The first-order chi connectivity index (χ1) is 7.41. The normalized spacial score (nSPS) is 11.2. The molecule has 0 saturated carbocycles. The average Bonchev–Trinajstić information content (AvgIpc) is 2.16. The van der Waals surface area contributed by atoms with E-state index in [2.05, 4.69) is 4.99 Å². The number of nitrogens with two attached hydrogens (primary N) is 1. The van der Waals surface area contributed by atoms with Gasteiger partial charge in [-0.05, 0) is 13.0 Å². The van der Waals surface area contributed by atoms with Crippen LogP contribution < -0.4 is 5.73 Å². The Bertz CT molecular complexity index is 478. The van der Waals surface area contributed by atoms with E-state index >= 15 is 0 Å². The first kappa shape index (κ1) is 11.6. The van der Waals surface area contributed by atoms with E-state index in [0.717, 1.165) is 18.2 Å². The number of carbonyl (C=O) groups excluding carboxylic acids is 1. The van der Waals surface area contributed by atoms with E-state index in [1.54, 1.807) is 0 Å². The summed E-state index contributed by atoms with van der Waals surface area (Å²) in [7, 11) is 0. The van der Waals surface area contributed by atoms with Crippen molar-refractivity contribution in [1.29, 1.82) is 0 Å². The van der Waals surface area contributed by atoms with E-state index in [9.17, 15) is 20.0 Å². The fraction of sp³-hybridized carbons (Fsp3) is 0.111. The smallest absolute Gasteiger partial charge is 0.282 e. The molecule has 1 rings (SSSR count). The Morgan fingerprint density at radius 3 is 2.69 bits per heavy atom. The van der Waals surface area contributed by atoms with Gasteiger partial charge >= 0.3 is 0 Å². The van der Waals surface area contributed by atoms with Gasteiger partial charge in [0.25, 0.3) is 11.6 Å². The number of rotatable bonds is 2. The lowest BCUT2D eigenvalue weighted by molar-refractivity contribution is -0.384. The van der Waals surface area contributed by atoms with Gasteiger partial charge in [0.2, 0.25) is 0 Å². The van der Waals surface area contributed by atoms with Gasteiger partial charge in [0.05, 0.1) is 10.5 Å². The van der Waals surface area contributed by atoms with E-state index in [4.69, 9.17) is 5.73 Å². The zero-order valence-electron chi connectivity index (χ0n) is 8.38. The van der Waals surface area contributed by atoms with Crippen molar-refractivity contribution < 1.29 is 14.8 Å². The number of hydrogen-bond acceptors (Lipinski definition) is 4. The van der Waals surface area contributed by atoms with Crippen LogP contribution in [0.5, 0.6) is 5.75 Å². The molecule has 1 aromatic carbocycles. The number of carbonyl (C=O) groups is 1. The van der Waals surface area contributed by atoms with Crippen LogP contribution in [0.25, 0.3) is 0 Å². The topological polar surface area (TPSA) is 119 Å². The van der Waals surface area contributed by atoms with Gasteiger partial charge in [-0.3, -0.25) is 14.9 Å². The number of nitrogens with zero attached hydrogens (tertiary/aromatic N) is 2. The Hall–Kier alpha value is -2.44. The van der Waals surface area contributed by atoms with Crippen molar-refractivity contribution in [2.24, 2.45) is 10.7 Å². The molecule has 0 heterocycles. The molecule has 0 aromatic heterocycles. The standard InChI is InChI=1S/C9H9N3O4/c1-5(10)11-9(14)7-4-6(12(15)16)2-3-8(7)13/h2-4,13H,1H3,(H2,10,11,14). The van der Waals surface area contributed by atoms with Crippen molar-refractivity contribution in [3.63, 3.8) is 0 Å². The molecule has 0 unspecified atom stereocenters. The summed E-state index contributed by atoms with van der Waals surface area (Å²) in [4.78, 5) is 24.6. The number of aromatic hydroxyl groups is 1. The van der Waals surface area contributed by atoms with Crippen molar-refractivity contribution in [2.75, 3.05) is 0 Å². The van der Waals surface area contributed by atoms with Gasteiger partial charge in [-0.2, -0.15) is 4.99 Å². The maximum Gasteiger partial charge on any atom is 0.282 e. The number of non-ortho nitro benzene ring substituents is 1. The van der Waals surface area contributed by atoms with Crippen molar-refractivity contribution >= 4 is 17.4 Å². The second kappa shape index (κ2) is 4.39. The van der Waals surface area contributed by atoms with Gasteiger partial charge in [-0.15, -0.1) is 0 Å². The number of aliphatic imine (C=N–C) groups is 1. The number of hydrogen-bond donors (Lipinski definition) is 2. The second-order valence-electron chi connectivity index (χ2n) is 3.02. The van der Waals surface area contributed by atoms with E-state index in [-0.39, 0.29) is 22.8 Å². The van der Waals surface area contributed by atoms with E-state index < -0.39 is 10.8 Å². The van der Waals surface area contributed by atoms with Crippen LogP contribution in [0.2, 0.25) is 0 Å². The zero-order chi connectivity index (χ0) is 12.3. The maximum atomic E-state index is 11.4. The van der Waals surface area contributed by atoms with Gasteiger partial charge < -0.3 is 10.8 Å². The third-order valence-corrected chi connectivity index (χ3v) is 1.70. The summed E-state index contributed by atoms with van der Waals surface area (Å²) in [6, 6.07) is 3.10. The molecule has 0 atom stereocenters. The summed E-state index contributed by atoms with van der Waals surface area (Å²) >= 11 is 0. The first-order valence-electron chi connectivity index (χ1n) is 4.24. The highest BCUT2D eigenvalue weighted by Gasteiger charge is 2.15. The minimum absolute atomic E-state index is 0.0101. The van der Waals surface area contributed by atoms with Crippen molar-refractivity contribution in [3.05, 3.63) is 33.9 Å². The van der Waals surface area contributed by atoms with Gasteiger partial charge in [-0.25, -0.2) is 0 Å². The lowest BCUT2D eigenvalue weighted by atomic mass is 10.1. The molecule has 0 aliphatic carbocycles.